The van der Waals surface area contributed by atoms with Gasteiger partial charge in [0, 0.05) is 18.1 Å². The molecule has 2 aliphatic rings. The summed E-state index contributed by atoms with van der Waals surface area (Å²) in [6.45, 7) is 3.19. The van der Waals surface area contributed by atoms with E-state index in [2.05, 4.69) is 17.3 Å². The van der Waals surface area contributed by atoms with Crippen molar-refractivity contribution in [3.63, 3.8) is 0 Å². The lowest BCUT2D eigenvalue weighted by Crippen LogP contribution is -2.60. The van der Waals surface area contributed by atoms with Gasteiger partial charge in [0.25, 0.3) is 0 Å². The van der Waals surface area contributed by atoms with E-state index in [1.807, 2.05) is 0 Å². The maximum atomic E-state index is 6.02. The van der Waals surface area contributed by atoms with E-state index in [1.54, 1.807) is 0 Å². The lowest BCUT2D eigenvalue weighted by Gasteiger charge is -2.43. The highest BCUT2D eigenvalue weighted by Gasteiger charge is 2.34. The number of piperidine rings is 1. The molecule has 0 amide bonds. The first kappa shape index (κ1) is 12.3. The van der Waals surface area contributed by atoms with Crippen molar-refractivity contribution in [3.05, 3.63) is 0 Å². The molecule has 0 aromatic heterocycles. The fraction of sp³-hybridized carbons (Fsp3) is 1.00. The SMILES string of the molecule is CN1CCC(CN)(NC2CCCCC2)CC1. The molecule has 1 aliphatic heterocycles. The van der Waals surface area contributed by atoms with E-state index in [0.29, 0.717) is 0 Å². The van der Waals surface area contributed by atoms with E-state index in [4.69, 9.17) is 5.73 Å². The van der Waals surface area contributed by atoms with Crippen molar-refractivity contribution in [1.82, 2.24) is 10.2 Å². The molecule has 1 saturated carbocycles. The zero-order chi connectivity index (χ0) is 11.4. The molecule has 2 rings (SSSR count). The molecule has 0 spiro atoms. The van der Waals surface area contributed by atoms with Crippen LogP contribution in [0.4, 0.5) is 0 Å². The number of likely N-dealkylation sites (tertiary alicyclic amines) is 1. The van der Waals surface area contributed by atoms with Crippen molar-refractivity contribution in [2.45, 2.75) is 56.5 Å². The fourth-order valence-corrected chi connectivity index (χ4v) is 3.13. The summed E-state index contributed by atoms with van der Waals surface area (Å²) < 4.78 is 0. The second kappa shape index (κ2) is 5.48. The molecule has 94 valence electrons. The van der Waals surface area contributed by atoms with Crippen LogP contribution in [0.25, 0.3) is 0 Å². The van der Waals surface area contributed by atoms with Gasteiger partial charge in [-0.05, 0) is 45.8 Å². The van der Waals surface area contributed by atoms with Gasteiger partial charge in [-0.3, -0.25) is 0 Å². The van der Waals surface area contributed by atoms with Gasteiger partial charge in [0.1, 0.15) is 0 Å². The first-order valence-corrected chi connectivity index (χ1v) is 6.90. The van der Waals surface area contributed by atoms with E-state index in [0.717, 1.165) is 12.6 Å². The molecule has 1 saturated heterocycles. The van der Waals surface area contributed by atoms with E-state index >= 15 is 0 Å². The van der Waals surface area contributed by atoms with Gasteiger partial charge in [-0.2, -0.15) is 0 Å². The Kier molecular flexibility index (Phi) is 4.22. The molecule has 0 aromatic carbocycles. The summed E-state index contributed by atoms with van der Waals surface area (Å²) in [5.41, 5.74) is 6.26. The maximum absolute atomic E-state index is 6.02. The Morgan fingerprint density at radius 3 is 2.38 bits per heavy atom. The minimum Gasteiger partial charge on any atom is -0.329 e. The third kappa shape index (κ3) is 2.96. The van der Waals surface area contributed by atoms with Crippen molar-refractivity contribution < 1.29 is 0 Å². The Balaban J connectivity index is 1.88. The number of rotatable bonds is 3. The summed E-state index contributed by atoms with van der Waals surface area (Å²) in [4.78, 5) is 2.41. The molecule has 0 unspecified atom stereocenters. The first-order chi connectivity index (χ1) is 7.74. The van der Waals surface area contributed by atoms with Crippen molar-refractivity contribution in [2.75, 3.05) is 26.7 Å². The molecule has 0 bridgehead atoms. The summed E-state index contributed by atoms with van der Waals surface area (Å²) >= 11 is 0. The normalized spacial score (nSPS) is 28.1. The first-order valence-electron chi connectivity index (χ1n) is 6.90. The van der Waals surface area contributed by atoms with Crippen molar-refractivity contribution in [1.29, 1.82) is 0 Å². The zero-order valence-corrected chi connectivity index (χ0v) is 10.7. The van der Waals surface area contributed by atoms with Crippen molar-refractivity contribution >= 4 is 0 Å². The van der Waals surface area contributed by atoms with Gasteiger partial charge in [-0.15, -0.1) is 0 Å². The molecule has 3 heteroatoms. The number of nitrogens with two attached hydrogens (primary N) is 1. The third-order valence-electron chi connectivity index (χ3n) is 4.45. The summed E-state index contributed by atoms with van der Waals surface area (Å²) in [5, 5.41) is 3.89. The molecular formula is C13H27N3. The summed E-state index contributed by atoms with van der Waals surface area (Å²) in [6, 6.07) is 0.737. The average molecular weight is 225 g/mol. The second-order valence-electron chi connectivity index (χ2n) is 5.77. The van der Waals surface area contributed by atoms with Crippen LogP contribution in [0, 0.1) is 0 Å². The van der Waals surface area contributed by atoms with Crippen LogP contribution in [-0.4, -0.2) is 43.2 Å². The number of hydrogen-bond acceptors (Lipinski definition) is 3. The number of nitrogens with zero attached hydrogens (tertiary/aromatic N) is 1. The van der Waals surface area contributed by atoms with Gasteiger partial charge in [0.2, 0.25) is 0 Å². The minimum atomic E-state index is 0.245. The van der Waals surface area contributed by atoms with E-state index in [-0.39, 0.29) is 5.54 Å². The van der Waals surface area contributed by atoms with Crippen LogP contribution in [0.2, 0.25) is 0 Å². The highest BCUT2D eigenvalue weighted by atomic mass is 15.1. The molecule has 0 aromatic rings. The van der Waals surface area contributed by atoms with Crippen LogP contribution in [-0.2, 0) is 0 Å². The Morgan fingerprint density at radius 1 is 1.19 bits per heavy atom. The molecule has 0 radical (unpaired) electrons. The van der Waals surface area contributed by atoms with Gasteiger partial charge in [-0.25, -0.2) is 0 Å². The van der Waals surface area contributed by atoms with Crippen LogP contribution in [0.5, 0.6) is 0 Å². The highest BCUT2D eigenvalue weighted by molar-refractivity contribution is 4.96. The van der Waals surface area contributed by atoms with Crippen molar-refractivity contribution in [2.24, 2.45) is 5.73 Å². The molecule has 16 heavy (non-hydrogen) atoms. The molecular weight excluding hydrogens is 198 g/mol. The second-order valence-corrected chi connectivity index (χ2v) is 5.77. The third-order valence-corrected chi connectivity index (χ3v) is 4.45. The van der Waals surface area contributed by atoms with Gasteiger partial charge in [0.15, 0.2) is 0 Å². The minimum absolute atomic E-state index is 0.245. The van der Waals surface area contributed by atoms with Crippen LogP contribution in [0.15, 0.2) is 0 Å². The predicted octanol–water partition coefficient (Wildman–Crippen LogP) is 1.33. The Hall–Kier alpha value is -0.120. The van der Waals surface area contributed by atoms with Gasteiger partial charge < -0.3 is 16.0 Å². The topological polar surface area (TPSA) is 41.3 Å². The Bertz CT molecular complexity index is 203. The maximum Gasteiger partial charge on any atom is 0.0330 e. The predicted molar refractivity (Wildman–Crippen MR) is 68.5 cm³/mol. The monoisotopic (exact) mass is 225 g/mol. The zero-order valence-electron chi connectivity index (χ0n) is 10.7. The largest absolute Gasteiger partial charge is 0.329 e. The molecule has 1 aliphatic carbocycles. The molecule has 3 N–H and O–H groups in total. The number of hydrogen-bond donors (Lipinski definition) is 2. The van der Waals surface area contributed by atoms with Crippen LogP contribution in [0.1, 0.15) is 44.9 Å². The Morgan fingerprint density at radius 2 is 1.81 bits per heavy atom. The standard InChI is InChI=1S/C13H27N3/c1-16-9-7-13(11-14,8-10-16)15-12-5-3-2-4-6-12/h12,15H,2-11,14H2,1H3. The summed E-state index contributed by atoms with van der Waals surface area (Å²) in [6.07, 6.45) is 9.38. The highest BCUT2D eigenvalue weighted by Crippen LogP contribution is 2.25. The lowest BCUT2D eigenvalue weighted by atomic mass is 9.84. The molecule has 0 atom stereocenters. The van der Waals surface area contributed by atoms with Crippen molar-refractivity contribution in [3.8, 4) is 0 Å². The quantitative estimate of drug-likeness (QED) is 0.761. The molecule has 2 fully saturated rings. The summed E-state index contributed by atoms with van der Waals surface area (Å²) in [5.74, 6) is 0. The Labute approximate surface area is 99.8 Å². The number of nitrogens with one attached hydrogen (secondary N) is 1. The lowest BCUT2D eigenvalue weighted by molar-refractivity contribution is 0.139. The fourth-order valence-electron chi connectivity index (χ4n) is 3.13. The van der Waals surface area contributed by atoms with Gasteiger partial charge >= 0.3 is 0 Å². The van der Waals surface area contributed by atoms with E-state index in [1.165, 1.54) is 58.0 Å². The molecule has 3 nitrogen and oxygen atoms in total. The summed E-state index contributed by atoms with van der Waals surface area (Å²) in [7, 11) is 2.21. The van der Waals surface area contributed by atoms with Gasteiger partial charge in [-0.1, -0.05) is 19.3 Å². The van der Waals surface area contributed by atoms with E-state index in [9.17, 15) is 0 Å². The van der Waals surface area contributed by atoms with Gasteiger partial charge in [0.05, 0.1) is 0 Å². The molecule has 1 heterocycles. The smallest absolute Gasteiger partial charge is 0.0330 e. The van der Waals surface area contributed by atoms with E-state index < -0.39 is 0 Å². The van der Waals surface area contributed by atoms with Crippen LogP contribution >= 0.6 is 0 Å². The van der Waals surface area contributed by atoms with Crippen LogP contribution in [0.3, 0.4) is 0 Å². The van der Waals surface area contributed by atoms with Crippen LogP contribution < -0.4 is 11.1 Å². The average Bonchev–Trinajstić information content (AvgIpc) is 2.34.